The zero-order valence-corrected chi connectivity index (χ0v) is 16.5. The zero-order chi connectivity index (χ0) is 20.4. The Balaban J connectivity index is 1.61. The van der Waals surface area contributed by atoms with E-state index in [0.717, 1.165) is 5.56 Å². The van der Waals surface area contributed by atoms with Gasteiger partial charge in [0.2, 0.25) is 5.89 Å². The third kappa shape index (κ3) is 3.88. The van der Waals surface area contributed by atoms with E-state index in [1.54, 1.807) is 68.8 Å². The second-order valence-corrected chi connectivity index (χ2v) is 6.67. The highest BCUT2D eigenvalue weighted by Crippen LogP contribution is 2.33. The third-order valence-corrected chi connectivity index (χ3v) is 4.63. The van der Waals surface area contributed by atoms with Crippen molar-refractivity contribution >= 4 is 34.3 Å². The van der Waals surface area contributed by atoms with Gasteiger partial charge in [0.25, 0.3) is 5.91 Å². The van der Waals surface area contributed by atoms with Gasteiger partial charge in [-0.25, -0.2) is 4.98 Å². The fourth-order valence-corrected chi connectivity index (χ4v) is 3.03. The first-order valence-corrected chi connectivity index (χ1v) is 9.15. The van der Waals surface area contributed by atoms with Crippen molar-refractivity contribution in [1.29, 1.82) is 0 Å². The van der Waals surface area contributed by atoms with E-state index < -0.39 is 0 Å². The van der Waals surface area contributed by atoms with Crippen molar-refractivity contribution in [2.24, 2.45) is 0 Å². The molecule has 0 bridgehead atoms. The number of nitrogens with one attached hydrogen (secondary N) is 1. The molecule has 0 radical (unpaired) electrons. The Kier molecular flexibility index (Phi) is 5.10. The van der Waals surface area contributed by atoms with Gasteiger partial charge < -0.3 is 19.2 Å². The van der Waals surface area contributed by atoms with Crippen LogP contribution in [0, 0.1) is 0 Å². The predicted octanol–water partition coefficient (Wildman–Crippen LogP) is 5.42. The van der Waals surface area contributed by atoms with Crippen LogP contribution in [0.4, 0.5) is 5.69 Å². The number of anilines is 1. The summed E-state index contributed by atoms with van der Waals surface area (Å²) in [7, 11) is 3.15. The highest BCUT2D eigenvalue weighted by atomic mass is 35.5. The van der Waals surface area contributed by atoms with Gasteiger partial charge in [0, 0.05) is 21.8 Å². The first-order chi connectivity index (χ1) is 14.1. The molecule has 1 amide bonds. The quantitative estimate of drug-likeness (QED) is 0.477. The van der Waals surface area contributed by atoms with Crippen LogP contribution in [0.15, 0.2) is 65.1 Å². The molecule has 0 unspecified atom stereocenters. The molecule has 0 spiro atoms. The highest BCUT2D eigenvalue weighted by molar-refractivity contribution is 6.30. The smallest absolute Gasteiger partial charge is 0.255 e. The number of rotatable bonds is 5. The lowest BCUT2D eigenvalue weighted by Crippen LogP contribution is -2.11. The number of aromatic nitrogens is 1. The molecular formula is C22H17ClN2O4. The summed E-state index contributed by atoms with van der Waals surface area (Å²) >= 11 is 5.87. The van der Waals surface area contributed by atoms with Crippen LogP contribution in [0.5, 0.6) is 11.5 Å². The van der Waals surface area contributed by atoms with Crippen LogP contribution < -0.4 is 14.8 Å². The van der Waals surface area contributed by atoms with E-state index in [2.05, 4.69) is 10.3 Å². The summed E-state index contributed by atoms with van der Waals surface area (Å²) < 4.78 is 16.4. The number of benzene rings is 3. The summed E-state index contributed by atoms with van der Waals surface area (Å²) in [6.45, 7) is 0. The Morgan fingerprint density at radius 3 is 2.45 bits per heavy atom. The molecular weight excluding hydrogens is 392 g/mol. The number of oxazole rings is 1. The summed E-state index contributed by atoms with van der Waals surface area (Å²) in [5.41, 5.74) is 3.12. The van der Waals surface area contributed by atoms with Crippen LogP contribution in [0.3, 0.4) is 0 Å². The first kappa shape index (κ1) is 18.8. The van der Waals surface area contributed by atoms with Crippen LogP contribution in [-0.2, 0) is 0 Å². The van der Waals surface area contributed by atoms with E-state index in [1.165, 1.54) is 0 Å². The highest BCUT2D eigenvalue weighted by Gasteiger charge is 2.13. The molecule has 0 atom stereocenters. The van der Waals surface area contributed by atoms with Gasteiger partial charge in [0.15, 0.2) is 17.1 Å². The molecule has 0 aliphatic heterocycles. The molecule has 29 heavy (non-hydrogen) atoms. The zero-order valence-electron chi connectivity index (χ0n) is 15.7. The van der Waals surface area contributed by atoms with Crippen molar-refractivity contribution < 1.29 is 18.7 Å². The SMILES string of the molecule is COc1ccc(-c2nc3cc(NC(=O)c4ccc(Cl)cc4)ccc3o2)cc1OC. The number of ether oxygens (including phenoxy) is 2. The molecule has 4 rings (SSSR count). The van der Waals surface area contributed by atoms with Crippen molar-refractivity contribution in [1.82, 2.24) is 4.98 Å². The molecule has 1 heterocycles. The normalized spacial score (nSPS) is 10.7. The van der Waals surface area contributed by atoms with E-state index in [0.29, 0.717) is 44.8 Å². The number of carbonyl (C=O) groups is 1. The number of amides is 1. The first-order valence-electron chi connectivity index (χ1n) is 8.77. The Morgan fingerprint density at radius 1 is 0.966 bits per heavy atom. The molecule has 0 aliphatic rings. The van der Waals surface area contributed by atoms with E-state index >= 15 is 0 Å². The largest absolute Gasteiger partial charge is 0.493 e. The Hall–Kier alpha value is -3.51. The molecule has 4 aromatic rings. The van der Waals surface area contributed by atoms with E-state index in [9.17, 15) is 4.79 Å². The Labute approximate surface area is 172 Å². The number of hydrogen-bond donors (Lipinski definition) is 1. The molecule has 0 fully saturated rings. The van der Waals surface area contributed by atoms with Crippen LogP contribution in [0.25, 0.3) is 22.6 Å². The third-order valence-electron chi connectivity index (χ3n) is 4.38. The minimum absolute atomic E-state index is 0.232. The molecule has 7 heteroatoms. The number of hydrogen-bond acceptors (Lipinski definition) is 5. The van der Waals surface area contributed by atoms with Crippen molar-refractivity contribution in [3.8, 4) is 23.0 Å². The number of methoxy groups -OCH3 is 2. The Morgan fingerprint density at radius 2 is 1.72 bits per heavy atom. The molecule has 0 saturated carbocycles. The van der Waals surface area contributed by atoms with Gasteiger partial charge in [0.05, 0.1) is 14.2 Å². The van der Waals surface area contributed by atoms with Gasteiger partial charge in [-0.15, -0.1) is 0 Å². The monoisotopic (exact) mass is 408 g/mol. The van der Waals surface area contributed by atoms with Gasteiger partial charge in [-0.2, -0.15) is 0 Å². The second kappa shape index (κ2) is 7.85. The van der Waals surface area contributed by atoms with Crippen molar-refractivity contribution in [3.63, 3.8) is 0 Å². The van der Waals surface area contributed by atoms with E-state index in [-0.39, 0.29) is 5.91 Å². The lowest BCUT2D eigenvalue weighted by molar-refractivity contribution is 0.102. The maximum absolute atomic E-state index is 12.4. The molecule has 0 aliphatic carbocycles. The molecule has 0 saturated heterocycles. The van der Waals surface area contributed by atoms with E-state index in [4.69, 9.17) is 25.5 Å². The van der Waals surface area contributed by atoms with Gasteiger partial charge >= 0.3 is 0 Å². The summed E-state index contributed by atoms with van der Waals surface area (Å²) in [5, 5.41) is 3.43. The topological polar surface area (TPSA) is 73.6 Å². The van der Waals surface area contributed by atoms with Crippen LogP contribution >= 0.6 is 11.6 Å². The summed E-state index contributed by atoms with van der Waals surface area (Å²) in [4.78, 5) is 16.9. The molecule has 3 aromatic carbocycles. The number of carbonyl (C=O) groups excluding carboxylic acids is 1. The molecule has 6 nitrogen and oxygen atoms in total. The standard InChI is InChI=1S/C22H17ClN2O4/c1-27-19-9-5-14(11-20(19)28-2)22-25-17-12-16(8-10-18(17)29-22)24-21(26)13-3-6-15(23)7-4-13/h3-12H,1-2H3,(H,24,26). The summed E-state index contributed by atoms with van der Waals surface area (Å²) in [6.07, 6.45) is 0. The Bertz CT molecular complexity index is 1190. The van der Waals surface area contributed by atoms with Crippen LogP contribution in [-0.4, -0.2) is 25.1 Å². The molecule has 1 N–H and O–H groups in total. The summed E-state index contributed by atoms with van der Waals surface area (Å²) in [5.74, 6) is 1.43. The molecule has 1 aromatic heterocycles. The van der Waals surface area contributed by atoms with Crippen molar-refractivity contribution in [3.05, 3.63) is 71.2 Å². The van der Waals surface area contributed by atoms with Gasteiger partial charge in [-0.05, 0) is 60.7 Å². The van der Waals surface area contributed by atoms with Crippen molar-refractivity contribution in [2.75, 3.05) is 19.5 Å². The van der Waals surface area contributed by atoms with Crippen LogP contribution in [0.2, 0.25) is 5.02 Å². The number of nitrogens with zero attached hydrogens (tertiary/aromatic N) is 1. The van der Waals surface area contributed by atoms with Gasteiger partial charge in [-0.3, -0.25) is 4.79 Å². The summed E-state index contributed by atoms with van der Waals surface area (Å²) in [6, 6.07) is 17.4. The minimum atomic E-state index is -0.232. The van der Waals surface area contributed by atoms with E-state index in [1.807, 2.05) is 6.07 Å². The molecule has 146 valence electrons. The fraction of sp³-hybridized carbons (Fsp3) is 0.0909. The average Bonchev–Trinajstić information content (AvgIpc) is 3.17. The predicted molar refractivity (Wildman–Crippen MR) is 112 cm³/mol. The minimum Gasteiger partial charge on any atom is -0.493 e. The maximum atomic E-state index is 12.4. The number of fused-ring (bicyclic) bond motifs is 1. The maximum Gasteiger partial charge on any atom is 0.255 e. The lowest BCUT2D eigenvalue weighted by Gasteiger charge is -2.07. The van der Waals surface area contributed by atoms with Crippen LogP contribution in [0.1, 0.15) is 10.4 Å². The van der Waals surface area contributed by atoms with Gasteiger partial charge in [0.1, 0.15) is 5.52 Å². The second-order valence-electron chi connectivity index (χ2n) is 6.23. The average molecular weight is 409 g/mol. The number of halogens is 1. The lowest BCUT2D eigenvalue weighted by atomic mass is 10.2. The van der Waals surface area contributed by atoms with Crippen molar-refractivity contribution in [2.45, 2.75) is 0 Å². The fourth-order valence-electron chi connectivity index (χ4n) is 2.90. The van der Waals surface area contributed by atoms with Gasteiger partial charge in [-0.1, -0.05) is 11.6 Å².